The van der Waals surface area contributed by atoms with Gasteiger partial charge in [0.05, 0.1) is 22.7 Å². The van der Waals surface area contributed by atoms with Crippen LogP contribution in [0.1, 0.15) is 43.0 Å². The van der Waals surface area contributed by atoms with Crippen LogP contribution in [0.5, 0.6) is 0 Å². The minimum atomic E-state index is -0.500. The molecule has 1 saturated carbocycles. The summed E-state index contributed by atoms with van der Waals surface area (Å²) in [6.45, 7) is 5.32. The van der Waals surface area contributed by atoms with Crippen LogP contribution < -0.4 is 15.5 Å². The van der Waals surface area contributed by atoms with Crippen molar-refractivity contribution < 1.29 is 14.5 Å². The van der Waals surface area contributed by atoms with Crippen molar-refractivity contribution in [2.24, 2.45) is 5.92 Å². The molecule has 1 aromatic rings. The van der Waals surface area contributed by atoms with Crippen LogP contribution in [0.3, 0.4) is 0 Å². The molecule has 2 aliphatic rings. The summed E-state index contributed by atoms with van der Waals surface area (Å²) in [5.41, 5.74) is 0.870. The van der Waals surface area contributed by atoms with E-state index in [1.165, 1.54) is 32.0 Å². The first-order valence-electron chi connectivity index (χ1n) is 10.6. The summed E-state index contributed by atoms with van der Waals surface area (Å²) in [4.78, 5) is 39.4. The number of piperazine rings is 1. The van der Waals surface area contributed by atoms with Crippen LogP contribution in [-0.2, 0) is 4.79 Å². The second kappa shape index (κ2) is 9.88. The Labute approximate surface area is 176 Å². The number of non-ortho nitro benzene ring substituents is 1. The number of amides is 2. The summed E-state index contributed by atoms with van der Waals surface area (Å²) < 4.78 is 0. The van der Waals surface area contributed by atoms with Crippen LogP contribution >= 0.6 is 0 Å². The van der Waals surface area contributed by atoms with E-state index in [4.69, 9.17) is 0 Å². The number of nitro benzene ring substituents is 1. The van der Waals surface area contributed by atoms with E-state index in [0.717, 1.165) is 18.8 Å². The fourth-order valence-electron chi connectivity index (χ4n) is 4.26. The van der Waals surface area contributed by atoms with Gasteiger partial charge in [-0.2, -0.15) is 0 Å². The van der Waals surface area contributed by atoms with Gasteiger partial charge in [0.1, 0.15) is 0 Å². The topological polar surface area (TPSA) is 108 Å². The molecule has 2 amide bonds. The van der Waals surface area contributed by atoms with Crippen molar-refractivity contribution in [1.82, 2.24) is 15.5 Å². The summed E-state index contributed by atoms with van der Waals surface area (Å²) in [6.07, 6.45) is 4.46. The van der Waals surface area contributed by atoms with E-state index in [1.807, 2.05) is 4.90 Å². The molecule has 1 aliphatic carbocycles. The van der Waals surface area contributed by atoms with Crippen molar-refractivity contribution in [3.63, 3.8) is 0 Å². The van der Waals surface area contributed by atoms with Crippen molar-refractivity contribution in [3.05, 3.63) is 33.9 Å². The fraction of sp³-hybridized carbons (Fsp3) is 0.619. The predicted molar refractivity (Wildman–Crippen MR) is 115 cm³/mol. The van der Waals surface area contributed by atoms with Gasteiger partial charge in [-0.05, 0) is 37.7 Å². The number of nitrogens with zero attached hydrogens (tertiary/aromatic N) is 3. The molecule has 30 heavy (non-hydrogen) atoms. The van der Waals surface area contributed by atoms with E-state index >= 15 is 0 Å². The molecule has 9 heteroatoms. The van der Waals surface area contributed by atoms with Gasteiger partial charge in [0.15, 0.2) is 0 Å². The first-order valence-corrected chi connectivity index (χ1v) is 10.6. The lowest BCUT2D eigenvalue weighted by atomic mass is 9.87. The lowest BCUT2D eigenvalue weighted by Gasteiger charge is -2.36. The highest BCUT2D eigenvalue weighted by Gasteiger charge is 2.25. The molecule has 3 rings (SSSR count). The van der Waals surface area contributed by atoms with E-state index < -0.39 is 4.92 Å². The molecule has 9 nitrogen and oxygen atoms in total. The van der Waals surface area contributed by atoms with E-state index in [1.54, 1.807) is 6.07 Å². The van der Waals surface area contributed by atoms with Gasteiger partial charge in [0, 0.05) is 51.4 Å². The van der Waals surface area contributed by atoms with Crippen LogP contribution in [0, 0.1) is 16.0 Å². The number of carbonyl (C=O) groups excluding carboxylic acids is 2. The maximum Gasteiger partial charge on any atom is 0.270 e. The van der Waals surface area contributed by atoms with E-state index in [9.17, 15) is 19.7 Å². The summed E-state index contributed by atoms with van der Waals surface area (Å²) in [7, 11) is 1.51. The molecule has 1 aromatic carbocycles. The van der Waals surface area contributed by atoms with Crippen LogP contribution in [-0.4, -0.2) is 67.5 Å². The Morgan fingerprint density at radius 3 is 2.40 bits per heavy atom. The molecular weight excluding hydrogens is 386 g/mol. The highest BCUT2D eigenvalue weighted by molar-refractivity contribution is 6.00. The van der Waals surface area contributed by atoms with Gasteiger partial charge in [-0.3, -0.25) is 24.6 Å². The Hall–Kier alpha value is -2.68. The fourth-order valence-corrected chi connectivity index (χ4v) is 4.26. The van der Waals surface area contributed by atoms with E-state index in [-0.39, 0.29) is 17.5 Å². The van der Waals surface area contributed by atoms with Gasteiger partial charge in [0.2, 0.25) is 5.91 Å². The zero-order chi connectivity index (χ0) is 21.7. The number of carbonyl (C=O) groups is 2. The number of nitrogens with one attached hydrogen (secondary N) is 2. The molecule has 1 saturated heterocycles. The monoisotopic (exact) mass is 417 g/mol. The van der Waals surface area contributed by atoms with Gasteiger partial charge >= 0.3 is 0 Å². The Morgan fingerprint density at radius 2 is 1.80 bits per heavy atom. The summed E-state index contributed by atoms with van der Waals surface area (Å²) in [5.74, 6) is 0.479. The molecular formula is C21H31N5O4. The number of hydrogen-bond acceptors (Lipinski definition) is 6. The number of hydrogen-bond donors (Lipinski definition) is 2. The molecule has 164 valence electrons. The quantitative estimate of drug-likeness (QED) is 0.540. The van der Waals surface area contributed by atoms with Crippen molar-refractivity contribution >= 4 is 23.2 Å². The second-order valence-corrected chi connectivity index (χ2v) is 8.33. The van der Waals surface area contributed by atoms with Gasteiger partial charge in [-0.25, -0.2) is 0 Å². The third-order valence-electron chi connectivity index (χ3n) is 6.12. The molecule has 2 N–H and O–H groups in total. The summed E-state index contributed by atoms with van der Waals surface area (Å²) in [6, 6.07) is 4.67. The van der Waals surface area contributed by atoms with Crippen LogP contribution in [0.2, 0.25) is 0 Å². The van der Waals surface area contributed by atoms with Gasteiger partial charge < -0.3 is 15.5 Å². The molecule has 1 aliphatic heterocycles. The largest absolute Gasteiger partial charge is 0.368 e. The Bertz CT molecular complexity index is 784. The van der Waals surface area contributed by atoms with Crippen LogP contribution in [0.25, 0.3) is 0 Å². The van der Waals surface area contributed by atoms with Gasteiger partial charge in [-0.1, -0.05) is 6.92 Å². The highest BCUT2D eigenvalue weighted by atomic mass is 16.6. The lowest BCUT2D eigenvalue weighted by molar-refractivity contribution is -0.384. The summed E-state index contributed by atoms with van der Waals surface area (Å²) >= 11 is 0. The van der Waals surface area contributed by atoms with Gasteiger partial charge in [0.25, 0.3) is 11.6 Å². The predicted octanol–water partition coefficient (Wildman–Crippen LogP) is 1.77. The molecule has 0 aromatic heterocycles. The SMILES string of the molecule is CNC(=O)c1cc([N+](=O)[O-])ccc1N1CCN(CC(=O)NC2CCC(C)CC2)CC1. The van der Waals surface area contributed by atoms with E-state index in [0.29, 0.717) is 50.0 Å². The normalized spacial score (nSPS) is 22.4. The zero-order valence-corrected chi connectivity index (χ0v) is 17.7. The molecule has 1 heterocycles. The van der Waals surface area contributed by atoms with E-state index in [2.05, 4.69) is 22.5 Å². The molecule has 0 atom stereocenters. The molecule has 2 fully saturated rings. The maximum absolute atomic E-state index is 12.4. The Balaban J connectivity index is 1.55. The van der Waals surface area contributed by atoms with Gasteiger partial charge in [-0.15, -0.1) is 0 Å². The van der Waals surface area contributed by atoms with Crippen LogP contribution in [0.15, 0.2) is 18.2 Å². The minimum Gasteiger partial charge on any atom is -0.368 e. The van der Waals surface area contributed by atoms with Crippen LogP contribution in [0.4, 0.5) is 11.4 Å². The standard InChI is InChI=1S/C21H31N5O4/c1-15-3-5-16(6-4-15)23-20(27)14-24-9-11-25(12-10-24)19-8-7-17(26(29)30)13-18(19)21(28)22-2/h7-8,13,15-16H,3-6,9-12,14H2,1-2H3,(H,22,28)(H,23,27). The third-order valence-corrected chi connectivity index (χ3v) is 6.12. The van der Waals surface area contributed by atoms with Crippen molar-refractivity contribution in [2.75, 3.05) is 44.7 Å². The second-order valence-electron chi connectivity index (χ2n) is 8.33. The average Bonchev–Trinajstić information content (AvgIpc) is 2.75. The van der Waals surface area contributed by atoms with Crippen molar-refractivity contribution in [1.29, 1.82) is 0 Å². The molecule has 0 spiro atoms. The minimum absolute atomic E-state index is 0.0735. The Kier molecular flexibility index (Phi) is 7.25. The van der Waals surface area contributed by atoms with Crippen molar-refractivity contribution in [3.8, 4) is 0 Å². The summed E-state index contributed by atoms with van der Waals surface area (Å²) in [5, 5.41) is 16.8. The lowest BCUT2D eigenvalue weighted by Crippen LogP contribution is -2.51. The van der Waals surface area contributed by atoms with Crippen molar-refractivity contribution in [2.45, 2.75) is 38.6 Å². The Morgan fingerprint density at radius 1 is 1.13 bits per heavy atom. The first kappa shape index (κ1) is 22.0. The number of nitro groups is 1. The smallest absolute Gasteiger partial charge is 0.270 e. The molecule has 0 bridgehead atoms. The highest BCUT2D eigenvalue weighted by Crippen LogP contribution is 2.27. The zero-order valence-electron chi connectivity index (χ0n) is 17.7. The number of benzene rings is 1. The first-order chi connectivity index (χ1) is 14.4. The average molecular weight is 418 g/mol. The molecule has 0 radical (unpaired) electrons. The number of anilines is 1. The third kappa shape index (κ3) is 5.47. The molecule has 0 unspecified atom stereocenters. The maximum atomic E-state index is 12.4. The number of rotatable bonds is 6.